The smallest absolute Gasteiger partial charge is 0.129 e. The summed E-state index contributed by atoms with van der Waals surface area (Å²) in [7, 11) is 0. The number of pyridine rings is 1. The second kappa shape index (κ2) is 5.06. The molecule has 98 valence electrons. The van der Waals surface area contributed by atoms with Gasteiger partial charge in [0.05, 0.1) is 17.3 Å². The van der Waals surface area contributed by atoms with Gasteiger partial charge in [0, 0.05) is 12.6 Å². The monoisotopic (exact) mass is 266 g/mol. The molecule has 2 fully saturated rings. The lowest BCUT2D eigenvalue weighted by Gasteiger charge is -2.38. The second-order valence-electron chi connectivity index (χ2n) is 5.35. The molecule has 3 rings (SSSR count). The van der Waals surface area contributed by atoms with Crippen molar-refractivity contribution in [2.45, 2.75) is 44.8 Å². The summed E-state index contributed by atoms with van der Waals surface area (Å²) in [5, 5.41) is 9.82. The zero-order chi connectivity index (χ0) is 12.5. The van der Waals surface area contributed by atoms with Crippen LogP contribution in [-0.2, 0) is 6.61 Å². The largest absolute Gasteiger partial charge is 0.390 e. The van der Waals surface area contributed by atoms with Crippen molar-refractivity contribution in [3.63, 3.8) is 0 Å². The van der Waals surface area contributed by atoms with Gasteiger partial charge in [0.2, 0.25) is 0 Å². The van der Waals surface area contributed by atoms with Gasteiger partial charge >= 0.3 is 0 Å². The Morgan fingerprint density at radius 2 is 2.11 bits per heavy atom. The summed E-state index contributed by atoms with van der Waals surface area (Å²) in [6, 6.07) is 4.50. The van der Waals surface area contributed by atoms with E-state index in [2.05, 4.69) is 9.88 Å². The van der Waals surface area contributed by atoms with Crippen LogP contribution in [0, 0.1) is 5.92 Å². The van der Waals surface area contributed by atoms with E-state index in [1.54, 1.807) is 0 Å². The Bertz CT molecular complexity index is 438. The molecule has 1 aliphatic carbocycles. The number of hydrogen-bond acceptors (Lipinski definition) is 3. The van der Waals surface area contributed by atoms with Crippen LogP contribution in [0.3, 0.4) is 0 Å². The zero-order valence-electron chi connectivity index (χ0n) is 10.5. The van der Waals surface area contributed by atoms with E-state index in [1.807, 2.05) is 12.1 Å². The van der Waals surface area contributed by atoms with Crippen LogP contribution in [0.2, 0.25) is 5.02 Å². The molecule has 1 N–H and O–H groups in total. The van der Waals surface area contributed by atoms with Crippen LogP contribution in [0.5, 0.6) is 0 Å². The normalized spacial score (nSPS) is 27.3. The van der Waals surface area contributed by atoms with Crippen LogP contribution in [0.4, 0.5) is 5.82 Å². The lowest BCUT2D eigenvalue weighted by atomic mass is 9.92. The van der Waals surface area contributed by atoms with Gasteiger partial charge in [-0.25, -0.2) is 4.98 Å². The molecule has 0 aromatic carbocycles. The lowest BCUT2D eigenvalue weighted by Crippen LogP contribution is -2.43. The molecule has 4 heteroatoms. The maximum Gasteiger partial charge on any atom is 0.129 e. The average molecular weight is 267 g/mol. The summed E-state index contributed by atoms with van der Waals surface area (Å²) >= 11 is 6.01. The predicted octanol–water partition coefficient (Wildman–Crippen LogP) is 3.00. The van der Waals surface area contributed by atoms with Crippen LogP contribution in [0.1, 0.15) is 37.8 Å². The number of fused-ring (bicyclic) bond motifs is 1. The van der Waals surface area contributed by atoms with Gasteiger partial charge in [0.15, 0.2) is 0 Å². The Hall–Kier alpha value is -0.800. The zero-order valence-corrected chi connectivity index (χ0v) is 11.2. The van der Waals surface area contributed by atoms with Crippen molar-refractivity contribution >= 4 is 17.4 Å². The molecule has 1 saturated carbocycles. The van der Waals surface area contributed by atoms with E-state index >= 15 is 0 Å². The van der Waals surface area contributed by atoms with E-state index in [9.17, 15) is 5.11 Å². The van der Waals surface area contributed by atoms with Crippen LogP contribution >= 0.6 is 11.6 Å². The van der Waals surface area contributed by atoms with Crippen LogP contribution in [0.25, 0.3) is 0 Å². The number of piperidine rings is 1. The number of anilines is 1. The maximum absolute atomic E-state index is 9.26. The van der Waals surface area contributed by atoms with Crippen molar-refractivity contribution in [1.29, 1.82) is 0 Å². The molecule has 0 spiro atoms. The molecule has 2 atom stereocenters. The molecule has 1 aliphatic heterocycles. The highest BCUT2D eigenvalue weighted by molar-refractivity contribution is 6.31. The summed E-state index contributed by atoms with van der Waals surface area (Å²) < 4.78 is 0. The first-order chi connectivity index (χ1) is 8.79. The first-order valence-corrected chi connectivity index (χ1v) is 7.20. The molecule has 2 aliphatic rings. The van der Waals surface area contributed by atoms with E-state index in [-0.39, 0.29) is 6.61 Å². The molecule has 1 saturated heterocycles. The van der Waals surface area contributed by atoms with Gasteiger partial charge in [0.1, 0.15) is 5.82 Å². The van der Waals surface area contributed by atoms with Crippen molar-refractivity contribution in [1.82, 2.24) is 4.98 Å². The molecule has 1 aromatic rings. The Labute approximate surface area is 113 Å². The van der Waals surface area contributed by atoms with Gasteiger partial charge in [0.25, 0.3) is 0 Å². The van der Waals surface area contributed by atoms with Crippen LogP contribution < -0.4 is 4.90 Å². The highest BCUT2D eigenvalue weighted by Crippen LogP contribution is 2.38. The Morgan fingerprint density at radius 1 is 1.28 bits per heavy atom. The molecular formula is C14H19ClN2O. The first kappa shape index (κ1) is 12.2. The molecule has 2 heterocycles. The number of aromatic nitrogens is 1. The fourth-order valence-corrected chi connectivity index (χ4v) is 3.65. The van der Waals surface area contributed by atoms with Gasteiger partial charge in [-0.3, -0.25) is 0 Å². The third kappa shape index (κ3) is 2.10. The van der Waals surface area contributed by atoms with Gasteiger partial charge in [-0.05, 0) is 43.7 Å². The van der Waals surface area contributed by atoms with Crippen molar-refractivity contribution in [3.8, 4) is 0 Å². The number of hydrogen-bond donors (Lipinski definition) is 1. The fraction of sp³-hybridized carbons (Fsp3) is 0.643. The Kier molecular flexibility index (Phi) is 3.44. The van der Waals surface area contributed by atoms with Crippen LogP contribution in [0.15, 0.2) is 12.1 Å². The average Bonchev–Trinajstić information content (AvgIpc) is 2.87. The Morgan fingerprint density at radius 3 is 2.94 bits per heavy atom. The lowest BCUT2D eigenvalue weighted by molar-refractivity contribution is 0.276. The highest BCUT2D eigenvalue weighted by atomic mass is 35.5. The van der Waals surface area contributed by atoms with E-state index < -0.39 is 0 Å². The molecule has 18 heavy (non-hydrogen) atoms. The molecule has 2 unspecified atom stereocenters. The number of halogens is 1. The molecule has 0 radical (unpaired) electrons. The van der Waals surface area contributed by atoms with E-state index in [1.165, 1.54) is 32.1 Å². The fourth-order valence-electron chi connectivity index (χ4n) is 3.48. The van der Waals surface area contributed by atoms with Gasteiger partial charge in [-0.15, -0.1) is 0 Å². The standard InChI is InChI=1S/C14H19ClN2O/c15-11-6-7-14(16-12(11)9-18)17-8-2-4-10-3-1-5-13(10)17/h6-7,10,13,18H,1-5,8-9H2. The van der Waals surface area contributed by atoms with Gasteiger partial charge < -0.3 is 10.0 Å². The summed E-state index contributed by atoms with van der Waals surface area (Å²) in [6.45, 7) is 0.995. The summed E-state index contributed by atoms with van der Waals surface area (Å²) in [5.41, 5.74) is 0.592. The number of aliphatic hydroxyl groups is 1. The third-order valence-corrected chi connectivity index (χ3v) is 4.69. The molecule has 0 bridgehead atoms. The van der Waals surface area contributed by atoms with Crippen molar-refractivity contribution in [2.75, 3.05) is 11.4 Å². The first-order valence-electron chi connectivity index (χ1n) is 6.82. The third-order valence-electron chi connectivity index (χ3n) is 4.34. The van der Waals surface area contributed by atoms with Gasteiger partial charge in [-0.2, -0.15) is 0 Å². The summed E-state index contributed by atoms with van der Waals surface area (Å²) in [5.74, 6) is 1.83. The van der Waals surface area contributed by atoms with Crippen molar-refractivity contribution < 1.29 is 5.11 Å². The van der Waals surface area contributed by atoms with Gasteiger partial charge in [-0.1, -0.05) is 18.0 Å². The van der Waals surface area contributed by atoms with Crippen molar-refractivity contribution in [2.24, 2.45) is 5.92 Å². The minimum absolute atomic E-state index is 0.0887. The van der Waals surface area contributed by atoms with Crippen LogP contribution in [-0.4, -0.2) is 22.7 Å². The van der Waals surface area contributed by atoms with Crippen molar-refractivity contribution in [3.05, 3.63) is 22.8 Å². The minimum atomic E-state index is -0.0887. The summed E-state index contributed by atoms with van der Waals surface area (Å²) in [6.07, 6.45) is 6.60. The topological polar surface area (TPSA) is 36.4 Å². The molecular weight excluding hydrogens is 248 g/mol. The molecule has 3 nitrogen and oxygen atoms in total. The number of nitrogens with zero attached hydrogens (tertiary/aromatic N) is 2. The van der Waals surface area contributed by atoms with E-state index in [0.717, 1.165) is 18.3 Å². The predicted molar refractivity (Wildman–Crippen MR) is 72.9 cm³/mol. The summed E-state index contributed by atoms with van der Waals surface area (Å²) in [4.78, 5) is 6.95. The van der Waals surface area contributed by atoms with E-state index in [0.29, 0.717) is 16.8 Å². The minimum Gasteiger partial charge on any atom is -0.390 e. The Balaban J connectivity index is 1.89. The molecule has 1 aromatic heterocycles. The SMILES string of the molecule is OCc1nc(N2CCCC3CCCC32)ccc1Cl. The quantitative estimate of drug-likeness (QED) is 0.894. The highest BCUT2D eigenvalue weighted by Gasteiger charge is 2.35. The number of rotatable bonds is 2. The number of aliphatic hydroxyl groups excluding tert-OH is 1. The molecule has 0 amide bonds. The van der Waals surface area contributed by atoms with E-state index in [4.69, 9.17) is 11.6 Å². The maximum atomic E-state index is 9.26. The second-order valence-corrected chi connectivity index (χ2v) is 5.76.